The summed E-state index contributed by atoms with van der Waals surface area (Å²) in [5.74, 6) is -1.49. The van der Waals surface area contributed by atoms with Gasteiger partial charge in [0.1, 0.15) is 0 Å². The molecule has 0 aromatic heterocycles. The highest BCUT2D eigenvalue weighted by atomic mass is 79.9. The first-order valence-electron chi connectivity index (χ1n) is 6.65. The summed E-state index contributed by atoms with van der Waals surface area (Å²) < 4.78 is 5.78. The van der Waals surface area contributed by atoms with Gasteiger partial charge in [0.2, 0.25) is 5.90 Å². The van der Waals surface area contributed by atoms with E-state index in [0.29, 0.717) is 15.6 Å². The van der Waals surface area contributed by atoms with Crippen molar-refractivity contribution in [2.24, 2.45) is 4.99 Å². The Kier molecular flexibility index (Phi) is 4.08. The van der Waals surface area contributed by atoms with Gasteiger partial charge in [-0.1, -0.05) is 40.2 Å². The van der Waals surface area contributed by atoms with Gasteiger partial charge in [-0.2, -0.15) is 0 Å². The number of hydrogen-bond donors (Lipinski definition) is 1. The highest BCUT2D eigenvalue weighted by Crippen LogP contribution is 2.23. The first kappa shape index (κ1) is 15.2. The van der Waals surface area contributed by atoms with Gasteiger partial charge in [-0.15, -0.1) is 0 Å². The number of carboxylic acids is 1. The van der Waals surface area contributed by atoms with Crippen molar-refractivity contribution in [1.82, 2.24) is 0 Å². The summed E-state index contributed by atoms with van der Waals surface area (Å²) in [6, 6.07) is 13.8. The molecule has 5 nitrogen and oxygen atoms in total. The minimum atomic E-state index is -1.09. The maximum Gasteiger partial charge on any atom is 0.363 e. The number of carboxylic acid groups (broad SMARTS) is 1. The number of nitrogens with zero attached hydrogens (tertiary/aromatic N) is 1. The van der Waals surface area contributed by atoms with Crippen LogP contribution in [0.15, 0.2) is 63.7 Å². The molecule has 0 saturated heterocycles. The van der Waals surface area contributed by atoms with Crippen LogP contribution in [0.4, 0.5) is 0 Å². The molecule has 1 aliphatic heterocycles. The second-order valence-corrected chi connectivity index (χ2v) is 5.65. The van der Waals surface area contributed by atoms with Crippen molar-refractivity contribution in [2.75, 3.05) is 0 Å². The van der Waals surface area contributed by atoms with E-state index in [1.165, 1.54) is 12.1 Å². The molecule has 0 bridgehead atoms. The monoisotopic (exact) mass is 371 g/mol. The fourth-order valence-electron chi connectivity index (χ4n) is 2.10. The van der Waals surface area contributed by atoms with Crippen LogP contribution >= 0.6 is 15.9 Å². The Morgan fingerprint density at radius 3 is 2.61 bits per heavy atom. The van der Waals surface area contributed by atoms with E-state index in [-0.39, 0.29) is 17.2 Å². The maximum absolute atomic E-state index is 11.9. The predicted octanol–water partition coefficient (Wildman–Crippen LogP) is 3.49. The lowest BCUT2D eigenvalue weighted by atomic mass is 10.1. The Morgan fingerprint density at radius 1 is 1.17 bits per heavy atom. The molecule has 0 saturated carbocycles. The number of aliphatic imine (C=N–C) groups is 1. The van der Waals surface area contributed by atoms with Crippen LogP contribution in [-0.2, 0) is 9.53 Å². The molecule has 2 aromatic rings. The number of ether oxygens (including phenoxy) is 1. The number of halogens is 1. The minimum Gasteiger partial charge on any atom is -0.478 e. The molecule has 0 spiro atoms. The van der Waals surface area contributed by atoms with Crippen LogP contribution in [0.2, 0.25) is 0 Å². The fraction of sp³-hybridized carbons (Fsp3) is 0. The number of aromatic carboxylic acids is 1. The van der Waals surface area contributed by atoms with Crippen molar-refractivity contribution in [3.05, 3.63) is 75.4 Å². The van der Waals surface area contributed by atoms with Crippen molar-refractivity contribution in [3.63, 3.8) is 0 Å². The molecule has 0 aliphatic carbocycles. The third-order valence-corrected chi connectivity index (χ3v) is 3.67. The maximum atomic E-state index is 11.9. The normalized spacial score (nSPS) is 15.4. The molecule has 23 heavy (non-hydrogen) atoms. The van der Waals surface area contributed by atoms with E-state index in [1.54, 1.807) is 24.3 Å². The van der Waals surface area contributed by atoms with Crippen LogP contribution in [0.25, 0.3) is 6.08 Å². The van der Waals surface area contributed by atoms with Crippen molar-refractivity contribution < 1.29 is 19.4 Å². The molecule has 3 rings (SSSR count). The van der Waals surface area contributed by atoms with Crippen molar-refractivity contribution in [2.45, 2.75) is 0 Å². The van der Waals surface area contributed by atoms with Gasteiger partial charge in [-0.25, -0.2) is 14.6 Å². The van der Waals surface area contributed by atoms with Gasteiger partial charge < -0.3 is 9.84 Å². The SMILES string of the molecule is O=C1OC(c2ccccc2)=NC1=Cc1ccc(Br)cc1C(=O)O. The molecule has 114 valence electrons. The van der Waals surface area contributed by atoms with E-state index in [1.807, 2.05) is 18.2 Å². The molecule has 0 radical (unpaired) electrons. The zero-order chi connectivity index (χ0) is 16.4. The molecular formula is C17H10BrNO4. The lowest BCUT2D eigenvalue weighted by molar-refractivity contribution is -0.129. The Balaban J connectivity index is 2.02. The molecule has 6 heteroatoms. The van der Waals surface area contributed by atoms with Crippen LogP contribution < -0.4 is 0 Å². The summed E-state index contributed by atoms with van der Waals surface area (Å²) in [6.07, 6.45) is 1.41. The summed E-state index contributed by atoms with van der Waals surface area (Å²) in [4.78, 5) is 27.4. The summed E-state index contributed by atoms with van der Waals surface area (Å²) >= 11 is 3.23. The Bertz CT molecular complexity index is 856. The largest absolute Gasteiger partial charge is 0.478 e. The van der Waals surface area contributed by atoms with Crippen LogP contribution in [0, 0.1) is 0 Å². The molecule has 1 N–H and O–H groups in total. The number of rotatable bonds is 3. The van der Waals surface area contributed by atoms with E-state index in [0.717, 1.165) is 0 Å². The second-order valence-electron chi connectivity index (χ2n) is 4.74. The standard InChI is InChI=1S/C17H10BrNO4/c18-12-7-6-11(13(9-12)16(20)21)8-14-17(22)23-15(19-14)10-4-2-1-3-5-10/h1-9H,(H,20,21). The number of cyclic esters (lactones) is 1. The highest BCUT2D eigenvalue weighted by molar-refractivity contribution is 9.10. The van der Waals surface area contributed by atoms with Gasteiger partial charge >= 0.3 is 11.9 Å². The van der Waals surface area contributed by atoms with E-state index in [2.05, 4.69) is 20.9 Å². The first-order valence-corrected chi connectivity index (χ1v) is 7.45. The average Bonchev–Trinajstić information content (AvgIpc) is 2.91. The number of carbonyl (C=O) groups is 2. The van der Waals surface area contributed by atoms with Crippen LogP contribution in [0.5, 0.6) is 0 Å². The molecule has 0 atom stereocenters. The molecule has 0 amide bonds. The summed E-state index contributed by atoms with van der Waals surface area (Å²) in [7, 11) is 0. The van der Waals surface area contributed by atoms with Crippen molar-refractivity contribution in [3.8, 4) is 0 Å². The lowest BCUT2D eigenvalue weighted by Gasteiger charge is -2.02. The van der Waals surface area contributed by atoms with Gasteiger partial charge in [-0.05, 0) is 35.9 Å². The van der Waals surface area contributed by atoms with Gasteiger partial charge in [-0.3, -0.25) is 0 Å². The van der Waals surface area contributed by atoms with Crippen LogP contribution in [0.1, 0.15) is 21.5 Å². The van der Waals surface area contributed by atoms with E-state index in [9.17, 15) is 14.7 Å². The fourth-order valence-corrected chi connectivity index (χ4v) is 2.46. The molecule has 1 heterocycles. The summed E-state index contributed by atoms with van der Waals surface area (Å²) in [5, 5.41) is 9.26. The van der Waals surface area contributed by atoms with Crippen molar-refractivity contribution >= 4 is 39.8 Å². The van der Waals surface area contributed by atoms with Gasteiger partial charge in [0.15, 0.2) is 5.70 Å². The third-order valence-electron chi connectivity index (χ3n) is 3.18. The van der Waals surface area contributed by atoms with Gasteiger partial charge in [0, 0.05) is 10.0 Å². The molecular weight excluding hydrogens is 362 g/mol. The van der Waals surface area contributed by atoms with E-state index in [4.69, 9.17) is 4.74 Å². The zero-order valence-electron chi connectivity index (χ0n) is 11.7. The zero-order valence-corrected chi connectivity index (χ0v) is 13.3. The van der Waals surface area contributed by atoms with Crippen LogP contribution in [-0.4, -0.2) is 22.9 Å². The quantitative estimate of drug-likeness (QED) is 0.661. The van der Waals surface area contributed by atoms with E-state index < -0.39 is 11.9 Å². The van der Waals surface area contributed by atoms with Crippen LogP contribution in [0.3, 0.4) is 0 Å². The number of carbonyl (C=O) groups excluding carboxylic acids is 1. The number of benzene rings is 2. The summed E-state index contributed by atoms with van der Waals surface area (Å²) in [6.45, 7) is 0. The minimum absolute atomic E-state index is 0.0636. The topological polar surface area (TPSA) is 76.0 Å². The number of esters is 1. The van der Waals surface area contributed by atoms with Crippen molar-refractivity contribution in [1.29, 1.82) is 0 Å². The molecule has 2 aromatic carbocycles. The van der Waals surface area contributed by atoms with E-state index >= 15 is 0 Å². The molecule has 0 unspecified atom stereocenters. The number of hydrogen-bond acceptors (Lipinski definition) is 4. The molecule has 0 fully saturated rings. The summed E-state index contributed by atoms with van der Waals surface area (Å²) in [5.41, 5.74) is 1.20. The lowest BCUT2D eigenvalue weighted by Crippen LogP contribution is -2.05. The smallest absolute Gasteiger partial charge is 0.363 e. The predicted molar refractivity (Wildman–Crippen MR) is 88.1 cm³/mol. The van der Waals surface area contributed by atoms with Gasteiger partial charge in [0.25, 0.3) is 0 Å². The second kappa shape index (κ2) is 6.18. The Hall–Kier alpha value is -2.73. The Labute approximate surface area is 140 Å². The third kappa shape index (κ3) is 3.22. The van der Waals surface area contributed by atoms with Gasteiger partial charge in [0.05, 0.1) is 5.56 Å². The molecule has 1 aliphatic rings. The average molecular weight is 372 g/mol. The Morgan fingerprint density at radius 2 is 1.91 bits per heavy atom. The first-order chi connectivity index (χ1) is 11.0. The highest BCUT2D eigenvalue weighted by Gasteiger charge is 2.24.